The summed E-state index contributed by atoms with van der Waals surface area (Å²) in [6.45, 7) is 0. The van der Waals surface area contributed by atoms with Gasteiger partial charge < -0.3 is 36.4 Å². The number of hydrogen-bond acceptors (Lipinski definition) is 7. The third-order valence-electron chi connectivity index (χ3n) is 0.835. The highest BCUT2D eigenvalue weighted by atomic mass is 16.7. The predicted molar refractivity (Wildman–Crippen MR) is 26.8 cm³/mol. The molecule has 0 aliphatic carbocycles. The van der Waals surface area contributed by atoms with Crippen LogP contribution in [0.1, 0.15) is 0 Å². The Bertz CT molecular complexity index is 97.1. The quantitative estimate of drug-likeness (QED) is 0.199. The van der Waals surface area contributed by atoms with Gasteiger partial charge >= 0.3 is 0 Å². The van der Waals surface area contributed by atoms with E-state index in [9.17, 15) is 0 Å². The van der Waals surface area contributed by atoms with Crippen molar-refractivity contribution >= 4 is 0 Å². The van der Waals surface area contributed by atoms with E-state index in [4.69, 9.17) is 30.6 Å². The van der Waals surface area contributed by atoms with Gasteiger partial charge in [0.1, 0.15) is 0 Å². The smallest absolute Gasteiger partial charge is 0.299 e. The molecule has 0 radical (unpaired) electrons. The second kappa shape index (κ2) is 2.40. The Labute approximate surface area is 55.6 Å². The molecular formula is C3H9NO6. The van der Waals surface area contributed by atoms with Gasteiger partial charge in [-0.1, -0.05) is 0 Å². The molecule has 0 amide bonds. The molecule has 7 nitrogen and oxygen atoms in total. The SMILES string of the molecule is NC(C(O)(O)O)C(O)(O)O. The predicted octanol–water partition coefficient (Wildman–Crippen LogP) is -4.42. The highest BCUT2D eigenvalue weighted by molar-refractivity contribution is 4.74. The summed E-state index contributed by atoms with van der Waals surface area (Å²) in [4.78, 5) is 0. The molecule has 0 aliphatic rings. The van der Waals surface area contributed by atoms with E-state index < -0.39 is 18.0 Å². The van der Waals surface area contributed by atoms with Crippen LogP contribution in [-0.2, 0) is 0 Å². The van der Waals surface area contributed by atoms with E-state index in [0.717, 1.165) is 0 Å². The molecule has 10 heavy (non-hydrogen) atoms. The van der Waals surface area contributed by atoms with Crippen LogP contribution in [0.25, 0.3) is 0 Å². The standard InChI is InChI=1S/C3H9NO6/c4-1(2(5,6)7)3(8,9)10/h1,5-10H,4H2. The van der Waals surface area contributed by atoms with Crippen molar-refractivity contribution in [2.75, 3.05) is 0 Å². The molecule has 0 bridgehead atoms. The lowest BCUT2D eigenvalue weighted by atomic mass is 10.2. The van der Waals surface area contributed by atoms with Gasteiger partial charge in [-0.2, -0.15) is 0 Å². The summed E-state index contributed by atoms with van der Waals surface area (Å²) in [5.41, 5.74) is 4.53. The molecule has 0 saturated heterocycles. The summed E-state index contributed by atoms with van der Waals surface area (Å²) < 4.78 is 0. The molecule has 0 fully saturated rings. The first-order chi connectivity index (χ1) is 4.15. The normalized spacial score (nSPS) is 14.4. The molecule has 62 valence electrons. The van der Waals surface area contributed by atoms with Crippen LogP contribution in [0, 0.1) is 0 Å². The van der Waals surface area contributed by atoms with Gasteiger partial charge in [0.05, 0.1) is 0 Å². The Morgan fingerprint density at radius 3 is 1.00 bits per heavy atom. The lowest BCUT2D eigenvalue weighted by Gasteiger charge is -2.28. The minimum atomic E-state index is -3.53. The van der Waals surface area contributed by atoms with Crippen molar-refractivity contribution in [1.29, 1.82) is 0 Å². The van der Waals surface area contributed by atoms with E-state index in [1.165, 1.54) is 0 Å². The molecule has 0 saturated carbocycles. The first-order valence-electron chi connectivity index (χ1n) is 2.25. The zero-order valence-corrected chi connectivity index (χ0v) is 4.84. The molecule has 7 heteroatoms. The van der Waals surface area contributed by atoms with E-state index in [1.807, 2.05) is 0 Å². The Morgan fingerprint density at radius 2 is 1.00 bits per heavy atom. The van der Waals surface area contributed by atoms with Gasteiger partial charge in [0, 0.05) is 0 Å². The zero-order chi connectivity index (χ0) is 8.58. The molecule has 8 N–H and O–H groups in total. The molecular weight excluding hydrogens is 146 g/mol. The van der Waals surface area contributed by atoms with Crippen LogP contribution in [0.15, 0.2) is 0 Å². The topological polar surface area (TPSA) is 147 Å². The van der Waals surface area contributed by atoms with Crippen molar-refractivity contribution in [2.24, 2.45) is 5.73 Å². The Kier molecular flexibility index (Phi) is 2.33. The molecule has 0 rings (SSSR count). The molecule has 0 heterocycles. The van der Waals surface area contributed by atoms with E-state index in [1.54, 1.807) is 0 Å². The van der Waals surface area contributed by atoms with Gasteiger partial charge in [-0.05, 0) is 0 Å². The van der Waals surface area contributed by atoms with Gasteiger partial charge in [-0.15, -0.1) is 0 Å². The summed E-state index contributed by atoms with van der Waals surface area (Å²) >= 11 is 0. The van der Waals surface area contributed by atoms with Gasteiger partial charge in [0.15, 0.2) is 6.04 Å². The molecule has 0 atom stereocenters. The monoisotopic (exact) mass is 155 g/mol. The molecule has 0 aliphatic heterocycles. The van der Waals surface area contributed by atoms with E-state index in [-0.39, 0.29) is 0 Å². The first kappa shape index (κ1) is 9.72. The molecule has 0 aromatic heterocycles. The highest BCUT2D eigenvalue weighted by Crippen LogP contribution is 2.08. The van der Waals surface area contributed by atoms with Gasteiger partial charge in [-0.25, -0.2) is 0 Å². The van der Waals surface area contributed by atoms with E-state index >= 15 is 0 Å². The minimum Gasteiger partial charge on any atom is -0.342 e. The maximum absolute atomic E-state index is 8.13. The van der Waals surface area contributed by atoms with Crippen LogP contribution >= 0.6 is 0 Å². The fraction of sp³-hybridized carbons (Fsp3) is 1.00. The summed E-state index contributed by atoms with van der Waals surface area (Å²) in [5, 5.41) is 48.8. The largest absolute Gasteiger partial charge is 0.342 e. The average molecular weight is 155 g/mol. The van der Waals surface area contributed by atoms with Gasteiger partial charge in [-0.3, -0.25) is 0 Å². The Hall–Kier alpha value is -0.280. The molecule has 0 aromatic carbocycles. The number of nitrogens with two attached hydrogens (primary N) is 1. The highest BCUT2D eigenvalue weighted by Gasteiger charge is 2.44. The number of aliphatic hydroxyl groups is 6. The van der Waals surface area contributed by atoms with E-state index in [0.29, 0.717) is 0 Å². The maximum Gasteiger partial charge on any atom is 0.299 e. The van der Waals surface area contributed by atoms with Gasteiger partial charge in [0.25, 0.3) is 11.9 Å². The molecule has 0 spiro atoms. The van der Waals surface area contributed by atoms with Crippen molar-refractivity contribution in [3.8, 4) is 0 Å². The van der Waals surface area contributed by atoms with Gasteiger partial charge in [0.2, 0.25) is 0 Å². The first-order valence-corrected chi connectivity index (χ1v) is 2.25. The second-order valence-electron chi connectivity index (χ2n) is 1.85. The minimum absolute atomic E-state index is 2.40. The Balaban J connectivity index is 4.23. The van der Waals surface area contributed by atoms with Crippen molar-refractivity contribution in [1.82, 2.24) is 0 Å². The second-order valence-corrected chi connectivity index (χ2v) is 1.85. The van der Waals surface area contributed by atoms with Crippen molar-refractivity contribution < 1.29 is 30.6 Å². The number of hydrogen-bond donors (Lipinski definition) is 7. The molecule has 0 unspecified atom stereocenters. The van der Waals surface area contributed by atoms with Crippen LogP contribution in [0.3, 0.4) is 0 Å². The fourth-order valence-corrected chi connectivity index (χ4v) is 0.260. The van der Waals surface area contributed by atoms with Crippen LogP contribution in [-0.4, -0.2) is 48.6 Å². The van der Waals surface area contributed by atoms with Crippen LogP contribution in [0.2, 0.25) is 0 Å². The summed E-state index contributed by atoms with van der Waals surface area (Å²) in [6, 6.07) is -2.40. The average Bonchev–Trinajstić information content (AvgIpc) is 1.59. The third-order valence-corrected chi connectivity index (χ3v) is 0.835. The van der Waals surface area contributed by atoms with Crippen LogP contribution < -0.4 is 5.73 Å². The zero-order valence-electron chi connectivity index (χ0n) is 4.84. The van der Waals surface area contributed by atoms with Crippen molar-refractivity contribution in [3.05, 3.63) is 0 Å². The Morgan fingerprint density at radius 1 is 0.800 bits per heavy atom. The van der Waals surface area contributed by atoms with Crippen LogP contribution in [0.5, 0.6) is 0 Å². The number of rotatable bonds is 2. The lowest BCUT2D eigenvalue weighted by molar-refractivity contribution is -0.411. The lowest BCUT2D eigenvalue weighted by Crippen LogP contribution is -2.61. The maximum atomic E-state index is 8.13. The summed E-state index contributed by atoms with van der Waals surface area (Å²) in [7, 11) is 0. The molecule has 0 aromatic rings. The fourth-order valence-electron chi connectivity index (χ4n) is 0.260. The van der Waals surface area contributed by atoms with Crippen molar-refractivity contribution in [3.63, 3.8) is 0 Å². The van der Waals surface area contributed by atoms with Crippen LogP contribution in [0.4, 0.5) is 0 Å². The van der Waals surface area contributed by atoms with E-state index in [2.05, 4.69) is 5.73 Å². The summed E-state index contributed by atoms with van der Waals surface area (Å²) in [5.74, 6) is -7.06. The van der Waals surface area contributed by atoms with Crippen molar-refractivity contribution in [2.45, 2.75) is 18.0 Å². The third kappa shape index (κ3) is 2.54. The summed E-state index contributed by atoms with van der Waals surface area (Å²) in [6.07, 6.45) is 0.